The number of aliphatic carboxylic acids is 1. The van der Waals surface area contributed by atoms with Crippen LogP contribution in [0.15, 0.2) is 24.3 Å². The van der Waals surface area contributed by atoms with Crippen molar-refractivity contribution in [3.05, 3.63) is 29.8 Å². The Bertz CT molecular complexity index is 465. The van der Waals surface area contributed by atoms with Crippen LogP contribution in [0, 0.1) is 0 Å². The summed E-state index contributed by atoms with van der Waals surface area (Å²) in [7, 11) is 0. The topological polar surface area (TPSA) is 78.4 Å². The molecule has 0 heterocycles. The minimum Gasteiger partial charge on any atom is -0.480 e. The van der Waals surface area contributed by atoms with Crippen molar-refractivity contribution >= 4 is 29.4 Å². The second-order valence-electron chi connectivity index (χ2n) is 4.28. The molecule has 3 N–H and O–H groups in total. The minimum atomic E-state index is -1.02. The maximum absolute atomic E-state index is 11.9. The average Bonchev–Trinajstić information content (AvgIpc) is 2.43. The van der Waals surface area contributed by atoms with Gasteiger partial charge in [0, 0.05) is 5.69 Å². The summed E-state index contributed by atoms with van der Waals surface area (Å²) in [5.74, 6) is -0.332. The van der Waals surface area contributed by atoms with Crippen molar-refractivity contribution in [3.8, 4) is 0 Å². The first kappa shape index (κ1) is 16.4. The molecule has 20 heavy (non-hydrogen) atoms. The van der Waals surface area contributed by atoms with E-state index in [0.29, 0.717) is 17.9 Å². The lowest BCUT2D eigenvalue weighted by Crippen LogP contribution is -2.43. The van der Waals surface area contributed by atoms with E-state index in [2.05, 4.69) is 10.6 Å². The third kappa shape index (κ3) is 5.13. The minimum absolute atomic E-state index is 0.402. The zero-order valence-electron chi connectivity index (χ0n) is 11.7. The number of hydrogen-bond acceptors (Lipinski definition) is 3. The molecule has 0 saturated heterocycles. The van der Waals surface area contributed by atoms with Gasteiger partial charge in [0.25, 0.3) is 0 Å². The van der Waals surface area contributed by atoms with Gasteiger partial charge in [0.1, 0.15) is 6.04 Å². The summed E-state index contributed by atoms with van der Waals surface area (Å²) in [6.07, 6.45) is 3.10. The van der Waals surface area contributed by atoms with Gasteiger partial charge in [-0.15, -0.1) is 0 Å². The SMILES string of the molecule is CCc1ccccc1NC(=O)NC(CCSC)C(=O)O. The van der Waals surface area contributed by atoms with E-state index in [9.17, 15) is 9.59 Å². The number of carboxylic acids is 1. The Morgan fingerprint density at radius 2 is 2.05 bits per heavy atom. The van der Waals surface area contributed by atoms with Crippen LogP contribution in [0.2, 0.25) is 0 Å². The number of carbonyl (C=O) groups is 2. The smallest absolute Gasteiger partial charge is 0.326 e. The average molecular weight is 296 g/mol. The molecule has 1 atom stereocenters. The molecule has 0 aliphatic rings. The summed E-state index contributed by atoms with van der Waals surface area (Å²) >= 11 is 1.55. The van der Waals surface area contributed by atoms with Crippen molar-refractivity contribution in [2.24, 2.45) is 0 Å². The van der Waals surface area contributed by atoms with Crippen molar-refractivity contribution in [3.63, 3.8) is 0 Å². The van der Waals surface area contributed by atoms with Crippen LogP contribution in [0.4, 0.5) is 10.5 Å². The lowest BCUT2D eigenvalue weighted by molar-refractivity contribution is -0.139. The van der Waals surface area contributed by atoms with Gasteiger partial charge in [-0.05, 0) is 36.5 Å². The van der Waals surface area contributed by atoms with Gasteiger partial charge in [0.2, 0.25) is 0 Å². The zero-order valence-corrected chi connectivity index (χ0v) is 12.5. The number of carboxylic acid groups (broad SMARTS) is 1. The summed E-state index contributed by atoms with van der Waals surface area (Å²) in [4.78, 5) is 22.9. The highest BCUT2D eigenvalue weighted by atomic mass is 32.2. The van der Waals surface area contributed by atoms with Crippen molar-refractivity contribution in [1.82, 2.24) is 5.32 Å². The summed E-state index contributed by atoms with van der Waals surface area (Å²) in [6, 6.07) is 6.11. The monoisotopic (exact) mass is 296 g/mol. The number of nitrogens with one attached hydrogen (secondary N) is 2. The number of carbonyl (C=O) groups excluding carboxylic acids is 1. The first-order chi connectivity index (χ1) is 9.58. The van der Waals surface area contributed by atoms with Gasteiger partial charge in [-0.1, -0.05) is 25.1 Å². The van der Waals surface area contributed by atoms with Crippen molar-refractivity contribution in [2.45, 2.75) is 25.8 Å². The molecule has 0 aliphatic carbocycles. The van der Waals surface area contributed by atoms with Crippen LogP contribution < -0.4 is 10.6 Å². The van der Waals surface area contributed by atoms with Gasteiger partial charge in [0.15, 0.2) is 0 Å². The number of thioether (sulfide) groups is 1. The molecule has 0 radical (unpaired) electrons. The number of para-hydroxylation sites is 1. The molecule has 5 nitrogen and oxygen atoms in total. The van der Waals surface area contributed by atoms with E-state index < -0.39 is 18.0 Å². The van der Waals surface area contributed by atoms with Crippen LogP contribution >= 0.6 is 11.8 Å². The Kier molecular flexibility index (Phi) is 6.93. The molecule has 0 bridgehead atoms. The number of anilines is 1. The van der Waals surface area contributed by atoms with E-state index in [1.807, 2.05) is 31.4 Å². The number of aryl methyl sites for hydroxylation is 1. The Balaban J connectivity index is 2.63. The van der Waals surface area contributed by atoms with E-state index >= 15 is 0 Å². The molecule has 1 aromatic rings. The fourth-order valence-electron chi connectivity index (χ4n) is 1.76. The zero-order chi connectivity index (χ0) is 15.0. The summed E-state index contributed by atoms with van der Waals surface area (Å²) in [5.41, 5.74) is 1.72. The van der Waals surface area contributed by atoms with Crippen molar-refractivity contribution < 1.29 is 14.7 Å². The van der Waals surface area contributed by atoms with Crippen LogP contribution in [-0.2, 0) is 11.2 Å². The van der Waals surface area contributed by atoms with Gasteiger partial charge < -0.3 is 15.7 Å². The first-order valence-corrected chi connectivity index (χ1v) is 7.85. The molecular formula is C14H20N2O3S. The van der Waals surface area contributed by atoms with Crippen molar-refractivity contribution in [2.75, 3.05) is 17.3 Å². The normalized spacial score (nSPS) is 11.7. The van der Waals surface area contributed by atoms with Crippen molar-refractivity contribution in [1.29, 1.82) is 0 Å². The van der Waals surface area contributed by atoms with Gasteiger partial charge in [0.05, 0.1) is 0 Å². The predicted octanol–water partition coefficient (Wildman–Crippen LogP) is 2.58. The van der Waals surface area contributed by atoms with Crippen LogP contribution in [0.1, 0.15) is 18.9 Å². The quantitative estimate of drug-likeness (QED) is 0.722. The summed E-state index contributed by atoms with van der Waals surface area (Å²) in [5, 5.41) is 14.3. The number of amides is 2. The van der Waals surface area contributed by atoms with Crippen LogP contribution in [-0.4, -0.2) is 35.2 Å². The number of urea groups is 1. The van der Waals surface area contributed by atoms with E-state index in [0.717, 1.165) is 12.0 Å². The van der Waals surface area contributed by atoms with E-state index in [1.165, 1.54) is 0 Å². The fourth-order valence-corrected chi connectivity index (χ4v) is 2.23. The molecule has 0 spiro atoms. The molecule has 2 amide bonds. The van der Waals surface area contributed by atoms with Gasteiger partial charge in [-0.25, -0.2) is 9.59 Å². The number of rotatable bonds is 7. The lowest BCUT2D eigenvalue weighted by Gasteiger charge is -2.15. The predicted molar refractivity (Wildman–Crippen MR) is 82.4 cm³/mol. The molecule has 1 aromatic carbocycles. The molecule has 0 saturated carbocycles. The second kappa shape index (κ2) is 8.47. The molecule has 110 valence electrons. The van der Waals surface area contributed by atoms with Gasteiger partial charge in [-0.3, -0.25) is 0 Å². The first-order valence-electron chi connectivity index (χ1n) is 6.45. The highest BCUT2D eigenvalue weighted by molar-refractivity contribution is 7.98. The maximum Gasteiger partial charge on any atom is 0.326 e. The maximum atomic E-state index is 11.9. The van der Waals surface area contributed by atoms with Gasteiger partial charge >= 0.3 is 12.0 Å². The highest BCUT2D eigenvalue weighted by Crippen LogP contribution is 2.15. The fraction of sp³-hybridized carbons (Fsp3) is 0.429. The second-order valence-corrected chi connectivity index (χ2v) is 5.27. The molecule has 1 unspecified atom stereocenters. The Labute approximate surface area is 123 Å². The Hall–Kier alpha value is -1.69. The highest BCUT2D eigenvalue weighted by Gasteiger charge is 2.19. The molecule has 0 aromatic heterocycles. The standard InChI is InChI=1S/C14H20N2O3S/c1-3-10-6-4-5-7-11(10)15-14(19)16-12(13(17)18)8-9-20-2/h4-7,12H,3,8-9H2,1-2H3,(H,17,18)(H2,15,16,19). The molecule has 0 fully saturated rings. The number of hydrogen-bond donors (Lipinski definition) is 3. The van der Waals surface area contributed by atoms with E-state index in [-0.39, 0.29) is 0 Å². The van der Waals surface area contributed by atoms with Gasteiger partial charge in [-0.2, -0.15) is 11.8 Å². The molecule has 0 aliphatic heterocycles. The van der Waals surface area contributed by atoms with Crippen LogP contribution in [0.5, 0.6) is 0 Å². The van der Waals surface area contributed by atoms with E-state index in [1.54, 1.807) is 17.8 Å². The Morgan fingerprint density at radius 3 is 2.65 bits per heavy atom. The molecular weight excluding hydrogens is 276 g/mol. The van der Waals surface area contributed by atoms with Crippen LogP contribution in [0.25, 0.3) is 0 Å². The Morgan fingerprint density at radius 1 is 1.35 bits per heavy atom. The molecule has 1 rings (SSSR count). The summed E-state index contributed by atoms with van der Waals surface area (Å²) in [6.45, 7) is 2.00. The number of benzene rings is 1. The largest absolute Gasteiger partial charge is 0.480 e. The molecule has 6 heteroatoms. The third-order valence-electron chi connectivity index (χ3n) is 2.86. The lowest BCUT2D eigenvalue weighted by atomic mass is 10.1. The van der Waals surface area contributed by atoms with Crippen LogP contribution in [0.3, 0.4) is 0 Å². The summed E-state index contributed by atoms with van der Waals surface area (Å²) < 4.78 is 0. The third-order valence-corrected chi connectivity index (χ3v) is 3.50. The van der Waals surface area contributed by atoms with E-state index in [4.69, 9.17) is 5.11 Å².